The number of hydrogen-bond acceptors (Lipinski definition) is 3. The molecule has 12 heavy (non-hydrogen) atoms. The topological polar surface area (TPSA) is 63.6 Å². The summed E-state index contributed by atoms with van der Waals surface area (Å²) < 4.78 is 22.3. The Morgan fingerprint density at radius 3 is 2.67 bits per heavy atom. The van der Waals surface area contributed by atoms with Crippen molar-refractivity contribution in [2.75, 3.05) is 0 Å². The largest absolute Gasteiger partial charge is 0.360 e. The van der Waals surface area contributed by atoms with Gasteiger partial charge in [-0.1, -0.05) is 19.4 Å². The van der Waals surface area contributed by atoms with E-state index in [0.29, 0.717) is 5.57 Å². The highest BCUT2D eigenvalue weighted by Gasteiger charge is 2.07. The Bertz CT molecular complexity index is 209. The van der Waals surface area contributed by atoms with E-state index >= 15 is 0 Å². The molecule has 1 N–H and O–H groups in total. The van der Waals surface area contributed by atoms with Gasteiger partial charge in [0.1, 0.15) is 0 Å². The van der Waals surface area contributed by atoms with Crippen LogP contribution in [-0.4, -0.2) is 14.7 Å². The summed E-state index contributed by atoms with van der Waals surface area (Å²) in [7, 11) is 0. The van der Waals surface area contributed by atoms with E-state index in [1.165, 1.54) is 0 Å². The van der Waals surface area contributed by atoms with Gasteiger partial charge in [0.05, 0.1) is 0 Å². The lowest BCUT2D eigenvalue weighted by Gasteiger charge is -1.97. The molecule has 0 aliphatic heterocycles. The van der Waals surface area contributed by atoms with E-state index in [2.05, 4.69) is 4.18 Å². The Hall–Kier alpha value is -0.680. The second-order valence-corrected chi connectivity index (χ2v) is 2.86. The van der Waals surface area contributed by atoms with E-state index in [1.54, 1.807) is 13.0 Å². The highest BCUT2D eigenvalue weighted by molar-refractivity contribution is 7.74. The summed E-state index contributed by atoms with van der Waals surface area (Å²) >= 11 is -2.51. The number of carbonyl (C=O) groups excluding carboxylic acids is 1. The SMILES string of the molecule is CCCC=C(C)C(=O)OS(=O)O. The fraction of sp³-hybridized carbons (Fsp3) is 0.571. The van der Waals surface area contributed by atoms with Crippen LogP contribution >= 0.6 is 0 Å². The summed E-state index contributed by atoms with van der Waals surface area (Å²) in [5.41, 5.74) is 0.360. The Kier molecular flexibility index (Phi) is 5.57. The normalized spacial score (nSPS) is 14.1. The zero-order chi connectivity index (χ0) is 9.56. The smallest absolute Gasteiger partial charge is 0.339 e. The molecule has 4 nitrogen and oxygen atoms in total. The molecule has 0 aliphatic carbocycles. The molecule has 0 aliphatic rings. The summed E-state index contributed by atoms with van der Waals surface area (Å²) in [6.45, 7) is 3.52. The Labute approximate surface area is 74.1 Å². The lowest BCUT2D eigenvalue weighted by molar-refractivity contribution is -0.129. The predicted molar refractivity (Wildman–Crippen MR) is 45.5 cm³/mol. The van der Waals surface area contributed by atoms with E-state index in [9.17, 15) is 9.00 Å². The van der Waals surface area contributed by atoms with Crippen LogP contribution in [0.25, 0.3) is 0 Å². The molecule has 1 unspecified atom stereocenters. The number of allylic oxidation sites excluding steroid dienone is 1. The van der Waals surface area contributed by atoms with E-state index in [0.717, 1.165) is 12.8 Å². The van der Waals surface area contributed by atoms with Gasteiger partial charge < -0.3 is 4.18 Å². The quantitative estimate of drug-likeness (QED) is 0.540. The lowest BCUT2D eigenvalue weighted by Crippen LogP contribution is -2.07. The fourth-order valence-corrected chi connectivity index (χ4v) is 0.836. The van der Waals surface area contributed by atoms with Gasteiger partial charge in [0.2, 0.25) is 0 Å². The van der Waals surface area contributed by atoms with Crippen LogP contribution in [0.2, 0.25) is 0 Å². The van der Waals surface area contributed by atoms with E-state index in [-0.39, 0.29) is 0 Å². The van der Waals surface area contributed by atoms with Gasteiger partial charge in [-0.3, -0.25) is 4.55 Å². The predicted octanol–water partition coefficient (Wildman–Crippen LogP) is 1.41. The molecular formula is C7H12O4S. The first-order valence-electron chi connectivity index (χ1n) is 3.58. The molecule has 0 aromatic rings. The van der Waals surface area contributed by atoms with Gasteiger partial charge in [-0.15, -0.1) is 0 Å². The van der Waals surface area contributed by atoms with E-state index < -0.39 is 17.3 Å². The number of carbonyl (C=O) groups is 1. The standard InChI is InChI=1S/C7H12O4S/c1-3-4-5-6(2)7(8)11-12(9)10/h5H,3-4H2,1-2H3,(H,9,10). The van der Waals surface area contributed by atoms with Gasteiger partial charge in [-0.05, 0) is 13.3 Å². The van der Waals surface area contributed by atoms with Gasteiger partial charge in [0.25, 0.3) is 0 Å². The van der Waals surface area contributed by atoms with Crippen molar-refractivity contribution in [1.29, 1.82) is 0 Å². The highest BCUT2D eigenvalue weighted by atomic mass is 32.2. The van der Waals surface area contributed by atoms with Crippen LogP contribution in [0.3, 0.4) is 0 Å². The van der Waals surface area contributed by atoms with Crippen molar-refractivity contribution in [3.05, 3.63) is 11.6 Å². The average molecular weight is 192 g/mol. The van der Waals surface area contributed by atoms with Crippen LogP contribution in [0.4, 0.5) is 0 Å². The maximum absolute atomic E-state index is 10.8. The molecule has 70 valence electrons. The van der Waals surface area contributed by atoms with Gasteiger partial charge in [-0.2, -0.15) is 4.21 Å². The van der Waals surface area contributed by atoms with Crippen molar-refractivity contribution in [3.8, 4) is 0 Å². The third-order valence-corrected chi connectivity index (χ3v) is 1.50. The number of hydrogen-bond donors (Lipinski definition) is 1. The molecule has 0 aromatic carbocycles. The monoisotopic (exact) mass is 192 g/mol. The van der Waals surface area contributed by atoms with Crippen molar-refractivity contribution in [3.63, 3.8) is 0 Å². The molecule has 0 saturated heterocycles. The number of rotatable bonds is 4. The second-order valence-electron chi connectivity index (χ2n) is 2.26. The van der Waals surface area contributed by atoms with Crippen LogP contribution in [0, 0.1) is 0 Å². The third kappa shape index (κ3) is 5.03. The van der Waals surface area contributed by atoms with Crippen molar-refractivity contribution >= 4 is 17.3 Å². The van der Waals surface area contributed by atoms with Gasteiger partial charge >= 0.3 is 17.3 Å². The minimum absolute atomic E-state index is 0.360. The minimum Gasteiger partial charge on any atom is -0.339 e. The first kappa shape index (κ1) is 11.3. The first-order chi connectivity index (χ1) is 5.57. The molecule has 0 fully saturated rings. The maximum Gasteiger partial charge on any atom is 0.360 e. The second kappa shape index (κ2) is 5.91. The first-order valence-corrected chi connectivity index (χ1v) is 4.61. The summed E-state index contributed by atoms with van der Waals surface area (Å²) in [6.07, 6.45) is 3.36. The maximum atomic E-state index is 10.8. The van der Waals surface area contributed by atoms with Crippen LogP contribution < -0.4 is 0 Å². The minimum atomic E-state index is -2.51. The van der Waals surface area contributed by atoms with Crippen molar-refractivity contribution < 1.29 is 17.7 Å². The molecule has 0 amide bonds. The van der Waals surface area contributed by atoms with Crippen LogP contribution in [0.1, 0.15) is 26.7 Å². The van der Waals surface area contributed by atoms with Gasteiger partial charge in [-0.25, -0.2) is 4.79 Å². The van der Waals surface area contributed by atoms with Gasteiger partial charge in [0.15, 0.2) is 0 Å². The third-order valence-electron chi connectivity index (χ3n) is 1.21. The van der Waals surface area contributed by atoms with Crippen LogP contribution in [-0.2, 0) is 20.3 Å². The highest BCUT2D eigenvalue weighted by Crippen LogP contribution is 2.01. The van der Waals surface area contributed by atoms with Crippen molar-refractivity contribution in [1.82, 2.24) is 0 Å². The Morgan fingerprint density at radius 2 is 2.25 bits per heavy atom. The zero-order valence-corrected chi connectivity index (χ0v) is 7.89. The van der Waals surface area contributed by atoms with E-state index in [4.69, 9.17) is 4.55 Å². The van der Waals surface area contributed by atoms with Crippen LogP contribution in [0.15, 0.2) is 11.6 Å². The molecule has 0 saturated carbocycles. The fourth-order valence-electron chi connectivity index (χ4n) is 0.575. The summed E-state index contributed by atoms with van der Waals surface area (Å²) in [4.78, 5) is 10.8. The molecular weight excluding hydrogens is 180 g/mol. The molecule has 0 bridgehead atoms. The summed E-state index contributed by atoms with van der Waals surface area (Å²) in [5, 5.41) is 0. The van der Waals surface area contributed by atoms with Crippen LogP contribution in [0.5, 0.6) is 0 Å². The molecule has 0 radical (unpaired) electrons. The molecule has 0 rings (SSSR count). The Morgan fingerprint density at radius 1 is 1.67 bits per heavy atom. The van der Waals surface area contributed by atoms with Crippen molar-refractivity contribution in [2.45, 2.75) is 26.7 Å². The van der Waals surface area contributed by atoms with E-state index in [1.807, 2.05) is 6.92 Å². The van der Waals surface area contributed by atoms with Crippen molar-refractivity contribution in [2.24, 2.45) is 0 Å². The Balaban J connectivity index is 4.00. The molecule has 0 heterocycles. The zero-order valence-electron chi connectivity index (χ0n) is 7.07. The van der Waals surface area contributed by atoms with Gasteiger partial charge in [0, 0.05) is 5.57 Å². The lowest BCUT2D eigenvalue weighted by atomic mass is 10.2. The summed E-state index contributed by atoms with van der Waals surface area (Å²) in [6, 6.07) is 0. The molecule has 5 heteroatoms. The molecule has 1 atom stereocenters. The molecule has 0 aromatic heterocycles. The number of unbranched alkanes of at least 4 members (excludes halogenated alkanes) is 1. The average Bonchev–Trinajstić information content (AvgIpc) is 1.98. The molecule has 0 spiro atoms. The summed E-state index contributed by atoms with van der Waals surface area (Å²) in [5.74, 6) is -0.746.